The Morgan fingerprint density at radius 2 is 1.89 bits per heavy atom. The summed E-state index contributed by atoms with van der Waals surface area (Å²) in [4.78, 5) is 7.48. The number of rotatable bonds is 2. The minimum absolute atomic E-state index is 0.0393. The van der Waals surface area contributed by atoms with Crippen LogP contribution < -0.4 is 11.1 Å². The molecule has 0 saturated heterocycles. The van der Waals surface area contributed by atoms with E-state index in [9.17, 15) is 8.78 Å². The number of nitrogens with one attached hydrogen (secondary N) is 1. The standard InChI is InChI=1S/C10H6BrClF2N4/c11-4-1-7(6(14)2-5(4)13)16-9-3-8(12)17-10(15)18-9/h1-3H,(H3,15,16,17,18). The molecule has 8 heteroatoms. The monoisotopic (exact) mass is 334 g/mol. The first kappa shape index (κ1) is 13.0. The van der Waals surface area contributed by atoms with Gasteiger partial charge in [0.05, 0.1) is 10.2 Å². The van der Waals surface area contributed by atoms with E-state index < -0.39 is 11.6 Å². The fourth-order valence-electron chi connectivity index (χ4n) is 1.26. The van der Waals surface area contributed by atoms with Crippen LogP contribution in [0.15, 0.2) is 22.7 Å². The Morgan fingerprint density at radius 1 is 1.17 bits per heavy atom. The first-order valence-electron chi connectivity index (χ1n) is 4.67. The van der Waals surface area contributed by atoms with Crippen molar-refractivity contribution < 1.29 is 8.78 Å². The predicted molar refractivity (Wildman–Crippen MR) is 68.8 cm³/mol. The molecule has 1 aromatic heterocycles. The number of benzene rings is 1. The number of anilines is 3. The summed E-state index contributed by atoms with van der Waals surface area (Å²) in [6.45, 7) is 0. The van der Waals surface area contributed by atoms with Crippen LogP contribution in [0.3, 0.4) is 0 Å². The number of nitrogen functional groups attached to an aromatic ring is 1. The molecule has 0 bridgehead atoms. The fraction of sp³-hybridized carbons (Fsp3) is 0. The van der Waals surface area contributed by atoms with E-state index in [4.69, 9.17) is 17.3 Å². The van der Waals surface area contributed by atoms with Gasteiger partial charge in [-0.25, -0.2) is 13.8 Å². The van der Waals surface area contributed by atoms with Crippen LogP contribution in [0.1, 0.15) is 0 Å². The molecule has 0 radical (unpaired) electrons. The van der Waals surface area contributed by atoms with Crippen LogP contribution in [0.5, 0.6) is 0 Å². The van der Waals surface area contributed by atoms with Crippen LogP contribution in [0.4, 0.5) is 26.2 Å². The van der Waals surface area contributed by atoms with E-state index >= 15 is 0 Å². The van der Waals surface area contributed by atoms with Crippen molar-refractivity contribution in [1.82, 2.24) is 9.97 Å². The molecule has 0 saturated carbocycles. The number of nitrogens with zero attached hydrogens (tertiary/aromatic N) is 2. The summed E-state index contributed by atoms with van der Waals surface area (Å²) in [5, 5.41) is 2.75. The zero-order valence-electron chi connectivity index (χ0n) is 8.72. The maximum absolute atomic E-state index is 13.5. The molecule has 0 atom stereocenters. The lowest BCUT2D eigenvalue weighted by molar-refractivity contribution is 0.581. The predicted octanol–water partition coefficient (Wildman–Crippen LogP) is 3.50. The topological polar surface area (TPSA) is 63.8 Å². The molecule has 0 unspecified atom stereocenters. The molecule has 18 heavy (non-hydrogen) atoms. The molecule has 0 amide bonds. The summed E-state index contributed by atoms with van der Waals surface area (Å²) < 4.78 is 26.7. The van der Waals surface area contributed by atoms with E-state index in [1.165, 1.54) is 12.1 Å². The van der Waals surface area contributed by atoms with Gasteiger partial charge in [-0.2, -0.15) is 4.98 Å². The minimum atomic E-state index is -0.760. The maximum atomic E-state index is 13.5. The molecule has 0 fully saturated rings. The number of hydrogen-bond donors (Lipinski definition) is 2. The first-order chi connectivity index (χ1) is 8.45. The molecule has 1 aromatic carbocycles. The van der Waals surface area contributed by atoms with Crippen LogP contribution in [0, 0.1) is 11.6 Å². The van der Waals surface area contributed by atoms with Crippen LogP contribution in [-0.2, 0) is 0 Å². The number of hydrogen-bond acceptors (Lipinski definition) is 4. The quantitative estimate of drug-likeness (QED) is 0.651. The highest BCUT2D eigenvalue weighted by molar-refractivity contribution is 9.10. The van der Waals surface area contributed by atoms with Crippen molar-refractivity contribution >= 4 is 45.0 Å². The largest absolute Gasteiger partial charge is 0.368 e. The van der Waals surface area contributed by atoms with Gasteiger partial charge in [-0.05, 0) is 22.0 Å². The van der Waals surface area contributed by atoms with Crippen LogP contribution in [0.25, 0.3) is 0 Å². The Hall–Kier alpha value is -1.47. The Balaban J connectivity index is 2.36. The van der Waals surface area contributed by atoms with Crippen LogP contribution in [0.2, 0.25) is 5.15 Å². The third-order valence-electron chi connectivity index (χ3n) is 1.98. The van der Waals surface area contributed by atoms with Gasteiger partial charge in [-0.1, -0.05) is 11.6 Å². The van der Waals surface area contributed by atoms with E-state index in [1.807, 2.05) is 0 Å². The fourth-order valence-corrected chi connectivity index (χ4v) is 1.79. The van der Waals surface area contributed by atoms with E-state index in [1.54, 1.807) is 0 Å². The van der Waals surface area contributed by atoms with Crippen molar-refractivity contribution in [3.05, 3.63) is 39.5 Å². The van der Waals surface area contributed by atoms with E-state index in [0.717, 1.165) is 6.07 Å². The summed E-state index contributed by atoms with van der Waals surface area (Å²) in [6, 6.07) is 3.37. The first-order valence-corrected chi connectivity index (χ1v) is 5.84. The smallest absolute Gasteiger partial charge is 0.223 e. The summed E-state index contributed by atoms with van der Waals surface area (Å²) in [5.74, 6) is -1.29. The van der Waals surface area contributed by atoms with Gasteiger partial charge in [-0.15, -0.1) is 0 Å². The van der Waals surface area contributed by atoms with E-state index in [2.05, 4.69) is 31.2 Å². The number of nitrogens with two attached hydrogens (primary N) is 1. The molecule has 4 nitrogen and oxygen atoms in total. The van der Waals surface area contributed by atoms with E-state index in [0.29, 0.717) is 0 Å². The highest BCUT2D eigenvalue weighted by Crippen LogP contribution is 2.26. The molecule has 94 valence electrons. The zero-order valence-corrected chi connectivity index (χ0v) is 11.1. The molecule has 0 aliphatic carbocycles. The van der Waals surface area contributed by atoms with Crippen molar-refractivity contribution in [1.29, 1.82) is 0 Å². The Kier molecular flexibility index (Phi) is 3.63. The lowest BCUT2D eigenvalue weighted by Gasteiger charge is -2.08. The van der Waals surface area contributed by atoms with Gasteiger partial charge in [-0.3, -0.25) is 0 Å². The van der Waals surface area contributed by atoms with Gasteiger partial charge in [0.25, 0.3) is 0 Å². The Morgan fingerprint density at radius 3 is 2.56 bits per heavy atom. The van der Waals surface area contributed by atoms with Gasteiger partial charge < -0.3 is 11.1 Å². The molecule has 2 rings (SSSR count). The zero-order chi connectivity index (χ0) is 13.3. The third-order valence-corrected chi connectivity index (χ3v) is 2.79. The lowest BCUT2D eigenvalue weighted by atomic mass is 10.3. The van der Waals surface area contributed by atoms with Crippen LogP contribution >= 0.6 is 27.5 Å². The van der Waals surface area contributed by atoms with Gasteiger partial charge in [0.2, 0.25) is 5.95 Å². The van der Waals surface area contributed by atoms with E-state index in [-0.39, 0.29) is 27.1 Å². The van der Waals surface area contributed by atoms with Gasteiger partial charge >= 0.3 is 0 Å². The molecular weight excluding hydrogens is 329 g/mol. The second kappa shape index (κ2) is 5.03. The summed E-state index contributed by atoms with van der Waals surface area (Å²) in [5.41, 5.74) is 5.43. The SMILES string of the molecule is Nc1nc(Cl)cc(Nc2cc(Br)c(F)cc2F)n1. The average Bonchev–Trinajstić information content (AvgIpc) is 2.24. The second-order valence-electron chi connectivity index (χ2n) is 3.31. The lowest BCUT2D eigenvalue weighted by Crippen LogP contribution is -2.01. The molecule has 0 aliphatic rings. The maximum Gasteiger partial charge on any atom is 0.223 e. The third kappa shape index (κ3) is 2.85. The molecular formula is C10H6BrClF2N4. The molecule has 0 aliphatic heterocycles. The molecule has 0 spiro atoms. The summed E-state index contributed by atoms with van der Waals surface area (Å²) in [6.07, 6.45) is 0. The normalized spacial score (nSPS) is 10.4. The number of halogens is 4. The van der Waals surface area contributed by atoms with Crippen molar-refractivity contribution in [3.63, 3.8) is 0 Å². The van der Waals surface area contributed by atoms with Gasteiger partial charge in [0.1, 0.15) is 22.6 Å². The molecule has 1 heterocycles. The molecule has 3 N–H and O–H groups in total. The second-order valence-corrected chi connectivity index (χ2v) is 4.55. The Labute approximate surface area is 114 Å². The van der Waals surface area contributed by atoms with Crippen molar-refractivity contribution in [3.8, 4) is 0 Å². The molecule has 2 aromatic rings. The van der Waals surface area contributed by atoms with Gasteiger partial charge in [0, 0.05) is 12.1 Å². The van der Waals surface area contributed by atoms with Crippen molar-refractivity contribution in [2.24, 2.45) is 0 Å². The Bertz CT molecular complexity index is 588. The van der Waals surface area contributed by atoms with Crippen molar-refractivity contribution in [2.75, 3.05) is 11.1 Å². The minimum Gasteiger partial charge on any atom is -0.368 e. The number of aromatic nitrogens is 2. The highest BCUT2D eigenvalue weighted by atomic mass is 79.9. The van der Waals surface area contributed by atoms with Crippen LogP contribution in [-0.4, -0.2) is 9.97 Å². The highest BCUT2D eigenvalue weighted by Gasteiger charge is 2.09. The summed E-state index contributed by atoms with van der Waals surface area (Å²) in [7, 11) is 0. The summed E-state index contributed by atoms with van der Waals surface area (Å²) >= 11 is 8.64. The van der Waals surface area contributed by atoms with Crippen molar-refractivity contribution in [2.45, 2.75) is 0 Å². The van der Waals surface area contributed by atoms with Gasteiger partial charge in [0.15, 0.2) is 0 Å². The average molecular weight is 336 g/mol.